The topological polar surface area (TPSA) is 57.2 Å². The molecule has 0 spiro atoms. The van der Waals surface area contributed by atoms with E-state index in [2.05, 4.69) is 32.6 Å². The van der Waals surface area contributed by atoms with Crippen LogP contribution in [0.2, 0.25) is 0 Å². The van der Waals surface area contributed by atoms with Crippen molar-refractivity contribution in [3.05, 3.63) is 0 Å². The van der Waals surface area contributed by atoms with Crippen molar-refractivity contribution >= 4 is 5.97 Å². The van der Waals surface area contributed by atoms with Crippen molar-refractivity contribution in [1.82, 2.24) is 4.90 Å². The van der Waals surface area contributed by atoms with E-state index < -0.39 is 0 Å². The van der Waals surface area contributed by atoms with E-state index in [0.29, 0.717) is 18.9 Å². The molecule has 0 N–H and O–H groups in total. The molecule has 6 nitrogen and oxygen atoms in total. The minimum Gasteiger partial charge on any atom is -0.466 e. The number of morpholine rings is 1. The molecule has 2 fully saturated rings. The zero-order valence-electron chi connectivity index (χ0n) is 38.2. The first-order valence-electron chi connectivity index (χ1n) is 25.3. The fourth-order valence-electron chi connectivity index (χ4n) is 9.21. The summed E-state index contributed by atoms with van der Waals surface area (Å²) in [5, 5.41) is 0. The lowest BCUT2D eigenvalue weighted by atomic mass is 9.90. The third-order valence-electron chi connectivity index (χ3n) is 13.0. The van der Waals surface area contributed by atoms with Crippen LogP contribution in [-0.2, 0) is 23.7 Å². The lowest BCUT2D eigenvalue weighted by molar-refractivity contribution is -0.180. The molecule has 56 heavy (non-hydrogen) atoms. The van der Waals surface area contributed by atoms with Gasteiger partial charge in [-0.15, -0.1) is 0 Å². The summed E-state index contributed by atoms with van der Waals surface area (Å²) < 4.78 is 24.7. The van der Waals surface area contributed by atoms with Gasteiger partial charge in [0.05, 0.1) is 32.5 Å². The molecular formula is C50H97NO5. The number of unbranched alkanes of at least 4 members (excludes halogenated alkanes) is 19. The Balaban J connectivity index is 1.64. The number of carbonyl (C=O) groups excluding carboxylic acids is 1. The van der Waals surface area contributed by atoms with Crippen LogP contribution in [0.15, 0.2) is 0 Å². The van der Waals surface area contributed by atoms with Gasteiger partial charge in [0.2, 0.25) is 0 Å². The zero-order valence-corrected chi connectivity index (χ0v) is 38.2. The Labute approximate surface area is 349 Å². The number of rotatable bonds is 40. The van der Waals surface area contributed by atoms with E-state index >= 15 is 0 Å². The van der Waals surface area contributed by atoms with Crippen LogP contribution in [-0.4, -0.2) is 68.8 Å². The minimum atomic E-state index is -0.376. The molecule has 0 bridgehead atoms. The molecule has 2 heterocycles. The summed E-state index contributed by atoms with van der Waals surface area (Å²) in [7, 11) is 0. The van der Waals surface area contributed by atoms with E-state index in [1.165, 1.54) is 180 Å². The lowest BCUT2D eigenvalue weighted by Gasteiger charge is -2.30. The van der Waals surface area contributed by atoms with E-state index in [1.807, 2.05) is 0 Å². The molecule has 332 valence electrons. The van der Waals surface area contributed by atoms with Crippen molar-refractivity contribution in [2.24, 2.45) is 11.8 Å². The maximum atomic E-state index is 12.6. The quantitative estimate of drug-likeness (QED) is 0.0455. The predicted octanol–water partition coefficient (Wildman–Crippen LogP) is 14.5. The molecule has 0 aromatic rings. The van der Waals surface area contributed by atoms with Crippen molar-refractivity contribution in [2.75, 3.05) is 46.1 Å². The molecule has 2 rings (SSSR count). The van der Waals surface area contributed by atoms with Crippen molar-refractivity contribution in [1.29, 1.82) is 0 Å². The molecule has 2 atom stereocenters. The maximum Gasteiger partial charge on any atom is 0.306 e. The molecule has 0 saturated carbocycles. The van der Waals surface area contributed by atoms with Crippen LogP contribution in [0.4, 0.5) is 0 Å². The van der Waals surface area contributed by atoms with Crippen LogP contribution in [0.3, 0.4) is 0 Å². The van der Waals surface area contributed by atoms with Crippen LogP contribution in [0, 0.1) is 11.8 Å². The van der Waals surface area contributed by atoms with Gasteiger partial charge in [0, 0.05) is 38.9 Å². The monoisotopic (exact) mass is 792 g/mol. The predicted molar refractivity (Wildman–Crippen MR) is 238 cm³/mol. The number of esters is 1. The van der Waals surface area contributed by atoms with Crippen molar-refractivity contribution in [3.63, 3.8) is 0 Å². The Morgan fingerprint density at radius 2 is 1.04 bits per heavy atom. The Bertz CT molecular complexity index is 844. The van der Waals surface area contributed by atoms with Gasteiger partial charge in [0.25, 0.3) is 0 Å². The maximum absolute atomic E-state index is 12.6. The smallest absolute Gasteiger partial charge is 0.306 e. The first kappa shape index (κ1) is 51.5. The van der Waals surface area contributed by atoms with Crippen LogP contribution >= 0.6 is 0 Å². The molecular weight excluding hydrogens is 695 g/mol. The van der Waals surface area contributed by atoms with E-state index in [-0.39, 0.29) is 17.9 Å². The summed E-state index contributed by atoms with van der Waals surface area (Å²) in [6, 6.07) is 0. The van der Waals surface area contributed by atoms with Crippen molar-refractivity contribution < 1.29 is 23.7 Å². The molecule has 0 aromatic heterocycles. The average molecular weight is 792 g/mol. The Morgan fingerprint density at radius 3 is 1.55 bits per heavy atom. The number of hydrogen-bond acceptors (Lipinski definition) is 6. The molecule has 0 aromatic carbocycles. The van der Waals surface area contributed by atoms with Crippen LogP contribution in [0.1, 0.15) is 246 Å². The van der Waals surface area contributed by atoms with Crippen molar-refractivity contribution in [2.45, 2.75) is 258 Å². The SMILES string of the molecule is CCCCCC(CCCCC)CCCCCCCCCC1(CCCCCCCCOC(=O)CC(CCCCC)CCCCC)OCC(CCN2CCOCC2)O1. The van der Waals surface area contributed by atoms with E-state index in [4.69, 9.17) is 18.9 Å². The standard InChI is InChI=1S/C50H97NO5/c1-5-9-22-30-46(31-23-10-6-2)32-26-18-14-13-15-19-27-36-50(55-45-48(56-50)35-38-51-39-42-53-43-40-51)37-28-20-16-17-21-29-41-54-49(52)44-47(33-24-11-7-3)34-25-12-8-4/h46-48H,5-45H2,1-4H3. The fraction of sp³-hybridized carbons (Fsp3) is 0.980. The summed E-state index contributed by atoms with van der Waals surface area (Å²) in [6.07, 6.45) is 43.1. The Kier molecular flexibility index (Phi) is 33.2. The van der Waals surface area contributed by atoms with Gasteiger partial charge in [-0.3, -0.25) is 9.69 Å². The molecule has 6 heteroatoms. The average Bonchev–Trinajstić information content (AvgIpc) is 3.62. The normalized spacial score (nSPS) is 19.1. The summed E-state index contributed by atoms with van der Waals surface area (Å²) in [4.78, 5) is 15.1. The lowest BCUT2D eigenvalue weighted by Crippen LogP contribution is -2.38. The number of nitrogens with zero attached hydrogens (tertiary/aromatic N) is 1. The molecule has 2 aliphatic rings. The Morgan fingerprint density at radius 1 is 0.589 bits per heavy atom. The summed E-state index contributed by atoms with van der Waals surface area (Å²) in [6.45, 7) is 15.4. The first-order valence-corrected chi connectivity index (χ1v) is 25.3. The molecule has 0 aliphatic carbocycles. The van der Waals surface area contributed by atoms with E-state index in [1.54, 1.807) is 0 Å². The van der Waals surface area contributed by atoms with Gasteiger partial charge in [-0.05, 0) is 50.4 Å². The second kappa shape index (κ2) is 36.2. The fourth-order valence-corrected chi connectivity index (χ4v) is 9.21. The van der Waals surface area contributed by atoms with Crippen LogP contribution < -0.4 is 0 Å². The number of ether oxygens (including phenoxy) is 4. The largest absolute Gasteiger partial charge is 0.466 e. The molecule has 0 amide bonds. The summed E-state index contributed by atoms with van der Waals surface area (Å²) >= 11 is 0. The van der Waals surface area contributed by atoms with Crippen molar-refractivity contribution in [3.8, 4) is 0 Å². The van der Waals surface area contributed by atoms with Gasteiger partial charge in [-0.2, -0.15) is 0 Å². The van der Waals surface area contributed by atoms with Gasteiger partial charge in [-0.25, -0.2) is 0 Å². The zero-order chi connectivity index (χ0) is 40.2. The number of hydrogen-bond donors (Lipinski definition) is 0. The highest BCUT2D eigenvalue weighted by Gasteiger charge is 2.40. The molecule has 0 radical (unpaired) electrons. The van der Waals surface area contributed by atoms with Crippen LogP contribution in [0.5, 0.6) is 0 Å². The number of carbonyl (C=O) groups is 1. The molecule has 2 unspecified atom stereocenters. The van der Waals surface area contributed by atoms with Gasteiger partial charge >= 0.3 is 5.97 Å². The van der Waals surface area contributed by atoms with Gasteiger partial charge in [0.1, 0.15) is 0 Å². The minimum absolute atomic E-state index is 0.0304. The van der Waals surface area contributed by atoms with Gasteiger partial charge in [0.15, 0.2) is 5.79 Å². The Hall–Kier alpha value is -0.690. The van der Waals surface area contributed by atoms with E-state index in [9.17, 15) is 4.79 Å². The van der Waals surface area contributed by atoms with Gasteiger partial charge in [-0.1, -0.05) is 188 Å². The molecule has 2 saturated heterocycles. The second-order valence-corrected chi connectivity index (χ2v) is 18.2. The van der Waals surface area contributed by atoms with Gasteiger partial charge < -0.3 is 18.9 Å². The highest BCUT2D eigenvalue weighted by Crippen LogP contribution is 2.36. The van der Waals surface area contributed by atoms with E-state index in [0.717, 1.165) is 77.5 Å². The summed E-state index contributed by atoms with van der Waals surface area (Å²) in [5.41, 5.74) is 0. The van der Waals surface area contributed by atoms with Crippen LogP contribution in [0.25, 0.3) is 0 Å². The third-order valence-corrected chi connectivity index (χ3v) is 13.0. The summed E-state index contributed by atoms with van der Waals surface area (Å²) in [5.74, 6) is 1.14. The first-order chi connectivity index (χ1) is 27.5. The third kappa shape index (κ3) is 27.1. The second-order valence-electron chi connectivity index (χ2n) is 18.2. The molecule has 2 aliphatic heterocycles. The highest BCUT2D eigenvalue weighted by molar-refractivity contribution is 5.69. The highest BCUT2D eigenvalue weighted by atomic mass is 16.7.